The number of hydrogen-bond acceptors (Lipinski definition) is 4. The van der Waals surface area contributed by atoms with E-state index in [0.29, 0.717) is 12.1 Å². The van der Waals surface area contributed by atoms with E-state index in [1.807, 2.05) is 6.20 Å². The highest BCUT2D eigenvalue weighted by Gasteiger charge is 2.27. The van der Waals surface area contributed by atoms with Crippen molar-refractivity contribution in [1.82, 2.24) is 20.2 Å². The Hall–Kier alpha value is -1.65. The first kappa shape index (κ1) is 10.5. The van der Waals surface area contributed by atoms with Crippen molar-refractivity contribution < 1.29 is 0 Å². The fourth-order valence-electron chi connectivity index (χ4n) is 2.80. The molecule has 0 bridgehead atoms. The first-order valence-electron chi connectivity index (χ1n) is 6.20. The molecule has 5 nitrogen and oxygen atoms in total. The van der Waals surface area contributed by atoms with E-state index in [0.717, 1.165) is 16.9 Å². The maximum atomic E-state index is 4.46. The Labute approximate surface area is 100 Å². The van der Waals surface area contributed by atoms with E-state index in [4.69, 9.17) is 0 Å². The van der Waals surface area contributed by atoms with Crippen molar-refractivity contribution in [3.63, 3.8) is 0 Å². The molecular weight excluding hydrogens is 214 g/mol. The van der Waals surface area contributed by atoms with Crippen LogP contribution in [0.4, 0.5) is 5.82 Å². The van der Waals surface area contributed by atoms with Gasteiger partial charge < -0.3 is 4.90 Å². The molecule has 2 aromatic rings. The van der Waals surface area contributed by atoms with E-state index in [9.17, 15) is 0 Å². The molecule has 1 aliphatic heterocycles. The maximum Gasteiger partial charge on any atom is 0.160 e. The van der Waals surface area contributed by atoms with Crippen LogP contribution in [0.3, 0.4) is 0 Å². The summed E-state index contributed by atoms with van der Waals surface area (Å²) in [5.74, 6) is 1.02. The molecule has 3 rings (SSSR count). The van der Waals surface area contributed by atoms with Crippen LogP contribution in [0.2, 0.25) is 0 Å². The number of piperidine rings is 1. The lowest BCUT2D eigenvalue weighted by atomic mass is 9.97. The molecule has 0 aromatic carbocycles. The topological polar surface area (TPSA) is 57.7 Å². The van der Waals surface area contributed by atoms with E-state index in [2.05, 4.69) is 38.9 Å². The summed E-state index contributed by atoms with van der Waals surface area (Å²) in [6.45, 7) is 4.54. The predicted molar refractivity (Wildman–Crippen MR) is 66.9 cm³/mol. The van der Waals surface area contributed by atoms with E-state index < -0.39 is 0 Å². The molecule has 2 atom stereocenters. The van der Waals surface area contributed by atoms with Crippen molar-refractivity contribution >= 4 is 16.9 Å². The largest absolute Gasteiger partial charge is 0.350 e. The summed E-state index contributed by atoms with van der Waals surface area (Å²) in [5, 5.41) is 7.98. The highest BCUT2D eigenvalue weighted by Crippen LogP contribution is 2.31. The summed E-state index contributed by atoms with van der Waals surface area (Å²) in [6, 6.07) is 1.07. The normalized spacial score (nSPS) is 25.4. The standard InChI is InChI=1S/C12H17N5/c1-8-4-3-5-9(2)17(8)12-10-6-15-16-11(10)13-7-14-12/h6-9H,3-5H2,1-2H3,(H,13,14,15,16). The second kappa shape index (κ2) is 3.98. The van der Waals surface area contributed by atoms with Crippen molar-refractivity contribution in [2.75, 3.05) is 4.90 Å². The molecule has 0 amide bonds. The van der Waals surface area contributed by atoms with Crippen LogP contribution in [-0.2, 0) is 0 Å². The highest BCUT2D eigenvalue weighted by molar-refractivity contribution is 5.86. The van der Waals surface area contributed by atoms with Gasteiger partial charge in [-0.25, -0.2) is 9.97 Å². The molecule has 0 radical (unpaired) electrons. The lowest BCUT2D eigenvalue weighted by Gasteiger charge is -2.40. The van der Waals surface area contributed by atoms with Crippen LogP contribution in [0.25, 0.3) is 11.0 Å². The van der Waals surface area contributed by atoms with Gasteiger partial charge in [-0.1, -0.05) is 0 Å². The average molecular weight is 231 g/mol. The molecule has 2 aromatic heterocycles. The molecule has 0 spiro atoms. The third kappa shape index (κ3) is 1.66. The number of nitrogens with zero attached hydrogens (tertiary/aromatic N) is 4. The van der Waals surface area contributed by atoms with Crippen LogP contribution in [-0.4, -0.2) is 32.2 Å². The Kier molecular flexibility index (Phi) is 2.46. The van der Waals surface area contributed by atoms with Crippen LogP contribution in [0.15, 0.2) is 12.5 Å². The fourth-order valence-corrected chi connectivity index (χ4v) is 2.80. The summed E-state index contributed by atoms with van der Waals surface area (Å²) >= 11 is 0. The van der Waals surface area contributed by atoms with Gasteiger partial charge in [-0.3, -0.25) is 5.10 Å². The zero-order chi connectivity index (χ0) is 11.8. The smallest absolute Gasteiger partial charge is 0.160 e. The van der Waals surface area contributed by atoms with Gasteiger partial charge in [-0.2, -0.15) is 5.10 Å². The second-order valence-electron chi connectivity index (χ2n) is 4.87. The van der Waals surface area contributed by atoms with Crippen LogP contribution < -0.4 is 4.90 Å². The first-order valence-corrected chi connectivity index (χ1v) is 6.20. The highest BCUT2D eigenvalue weighted by atomic mass is 15.3. The predicted octanol–water partition coefficient (Wildman–Crippen LogP) is 2.12. The van der Waals surface area contributed by atoms with Crippen LogP contribution in [0.5, 0.6) is 0 Å². The van der Waals surface area contributed by atoms with Crippen LogP contribution in [0.1, 0.15) is 33.1 Å². The van der Waals surface area contributed by atoms with Crippen molar-refractivity contribution in [2.45, 2.75) is 45.2 Å². The molecule has 0 saturated carbocycles. The van der Waals surface area contributed by atoms with Crippen molar-refractivity contribution in [1.29, 1.82) is 0 Å². The van der Waals surface area contributed by atoms with Gasteiger partial charge in [0.1, 0.15) is 12.1 Å². The zero-order valence-electron chi connectivity index (χ0n) is 10.2. The molecule has 3 heterocycles. The summed E-state index contributed by atoms with van der Waals surface area (Å²) in [7, 11) is 0. The molecule has 1 saturated heterocycles. The number of hydrogen-bond donors (Lipinski definition) is 1. The van der Waals surface area contributed by atoms with Gasteiger partial charge in [0.15, 0.2) is 5.65 Å². The van der Waals surface area contributed by atoms with Gasteiger partial charge >= 0.3 is 0 Å². The van der Waals surface area contributed by atoms with Crippen molar-refractivity contribution in [2.24, 2.45) is 0 Å². The van der Waals surface area contributed by atoms with Crippen molar-refractivity contribution in [3.05, 3.63) is 12.5 Å². The molecule has 17 heavy (non-hydrogen) atoms. The third-order valence-corrected chi connectivity index (χ3v) is 3.67. The van der Waals surface area contributed by atoms with Gasteiger partial charge in [0, 0.05) is 12.1 Å². The molecule has 5 heteroatoms. The number of nitrogens with one attached hydrogen (secondary N) is 1. The Morgan fingerprint density at radius 2 is 2.00 bits per heavy atom. The zero-order valence-corrected chi connectivity index (χ0v) is 10.2. The fraction of sp³-hybridized carbons (Fsp3) is 0.583. The van der Waals surface area contributed by atoms with Crippen LogP contribution >= 0.6 is 0 Å². The van der Waals surface area contributed by atoms with E-state index in [1.54, 1.807) is 6.33 Å². The van der Waals surface area contributed by atoms with Gasteiger partial charge in [0.05, 0.1) is 11.6 Å². The first-order chi connectivity index (χ1) is 8.27. The SMILES string of the molecule is CC1CCCC(C)N1c1ncnc2[nH]ncc12. The van der Waals surface area contributed by atoms with Crippen molar-refractivity contribution in [3.8, 4) is 0 Å². The summed E-state index contributed by atoms with van der Waals surface area (Å²) in [6.07, 6.45) is 7.20. The third-order valence-electron chi connectivity index (χ3n) is 3.67. The second-order valence-corrected chi connectivity index (χ2v) is 4.87. The molecule has 0 aliphatic carbocycles. The minimum absolute atomic E-state index is 0.534. The summed E-state index contributed by atoms with van der Waals surface area (Å²) in [5.41, 5.74) is 0.819. The molecule has 1 fully saturated rings. The maximum absolute atomic E-state index is 4.46. The number of aromatic nitrogens is 4. The minimum atomic E-state index is 0.534. The molecule has 1 N–H and O–H groups in total. The number of rotatable bonds is 1. The Morgan fingerprint density at radius 1 is 1.24 bits per heavy atom. The van der Waals surface area contributed by atoms with Crippen LogP contribution in [0, 0.1) is 0 Å². The molecular formula is C12H17N5. The lowest BCUT2D eigenvalue weighted by Crippen LogP contribution is -2.44. The molecule has 2 unspecified atom stereocenters. The van der Waals surface area contributed by atoms with Gasteiger partial charge in [0.2, 0.25) is 0 Å². The number of fused-ring (bicyclic) bond motifs is 1. The summed E-state index contributed by atoms with van der Waals surface area (Å²) in [4.78, 5) is 11.1. The number of aromatic amines is 1. The van der Waals surface area contributed by atoms with E-state index >= 15 is 0 Å². The Morgan fingerprint density at radius 3 is 2.76 bits per heavy atom. The lowest BCUT2D eigenvalue weighted by molar-refractivity contribution is 0.412. The molecule has 1 aliphatic rings. The minimum Gasteiger partial charge on any atom is -0.350 e. The average Bonchev–Trinajstić information content (AvgIpc) is 2.77. The quantitative estimate of drug-likeness (QED) is 0.816. The number of H-pyrrole nitrogens is 1. The molecule has 90 valence electrons. The monoisotopic (exact) mass is 231 g/mol. The van der Waals surface area contributed by atoms with E-state index in [-0.39, 0.29) is 0 Å². The Bertz CT molecular complexity index is 510. The number of anilines is 1. The summed E-state index contributed by atoms with van der Waals surface area (Å²) < 4.78 is 0. The van der Waals surface area contributed by atoms with Gasteiger partial charge in [0.25, 0.3) is 0 Å². The van der Waals surface area contributed by atoms with Gasteiger partial charge in [-0.05, 0) is 33.1 Å². The Balaban J connectivity index is 2.10. The van der Waals surface area contributed by atoms with Gasteiger partial charge in [-0.15, -0.1) is 0 Å². The van der Waals surface area contributed by atoms with E-state index in [1.165, 1.54) is 19.3 Å².